The number of likely N-dealkylation sites (tertiary alicyclic amines) is 1. The number of hydrogen-bond acceptors (Lipinski definition) is 4. The normalized spacial score (nSPS) is 16.6. The smallest absolute Gasteiger partial charge is 0.339 e. The van der Waals surface area contributed by atoms with Crippen molar-refractivity contribution in [1.29, 1.82) is 0 Å². The summed E-state index contributed by atoms with van der Waals surface area (Å²) in [6, 6.07) is 15.2. The van der Waals surface area contributed by atoms with Crippen molar-refractivity contribution in [3.63, 3.8) is 0 Å². The standard InChI is InChI=1S/C26H19ClFN3O3/c27-16-4-6-18-20(15-31(22(18)13-16)23-3-1-2-10-29-23)24(32)30-11-8-26(9-12-30)21-7-5-17(28)14-19(21)25(33)34-26/h1-7,10,13-15H,8-9,11-12H2. The first kappa shape index (κ1) is 20.9. The van der Waals surface area contributed by atoms with Crippen molar-refractivity contribution in [1.82, 2.24) is 14.5 Å². The molecule has 0 radical (unpaired) electrons. The van der Waals surface area contributed by atoms with E-state index in [1.165, 1.54) is 12.1 Å². The Bertz CT molecular complexity index is 1460. The van der Waals surface area contributed by atoms with Crippen LogP contribution < -0.4 is 0 Å². The van der Waals surface area contributed by atoms with Crippen molar-refractivity contribution in [2.45, 2.75) is 18.4 Å². The van der Waals surface area contributed by atoms with Gasteiger partial charge in [-0.25, -0.2) is 14.2 Å². The molecule has 1 saturated heterocycles. The minimum absolute atomic E-state index is 0.111. The van der Waals surface area contributed by atoms with Gasteiger partial charge in [-0.05, 0) is 36.4 Å². The van der Waals surface area contributed by atoms with E-state index < -0.39 is 17.4 Å². The Balaban J connectivity index is 1.31. The minimum Gasteiger partial charge on any atom is -0.450 e. The lowest BCUT2D eigenvalue weighted by atomic mass is 9.83. The third-order valence-corrected chi connectivity index (χ3v) is 6.97. The lowest BCUT2D eigenvalue weighted by Crippen LogP contribution is -2.45. The molecule has 4 heterocycles. The molecule has 0 bridgehead atoms. The quantitative estimate of drug-likeness (QED) is 0.377. The molecule has 6 nitrogen and oxygen atoms in total. The van der Waals surface area contributed by atoms with Gasteiger partial charge in [-0.1, -0.05) is 29.8 Å². The zero-order chi connectivity index (χ0) is 23.4. The fourth-order valence-electron chi connectivity index (χ4n) is 5.04. The van der Waals surface area contributed by atoms with Crippen LogP contribution >= 0.6 is 11.6 Å². The van der Waals surface area contributed by atoms with Crippen LogP contribution in [0.4, 0.5) is 4.39 Å². The highest BCUT2D eigenvalue weighted by atomic mass is 35.5. The molecule has 1 spiro atoms. The minimum atomic E-state index is -0.813. The highest BCUT2D eigenvalue weighted by Crippen LogP contribution is 2.44. The van der Waals surface area contributed by atoms with Gasteiger partial charge in [-0.2, -0.15) is 0 Å². The van der Waals surface area contributed by atoms with Crippen LogP contribution in [0.5, 0.6) is 0 Å². The number of nitrogens with zero attached hydrogens (tertiary/aromatic N) is 3. The van der Waals surface area contributed by atoms with Crippen LogP contribution in [-0.4, -0.2) is 39.4 Å². The number of pyridine rings is 1. The Labute approximate surface area is 199 Å². The number of carbonyl (C=O) groups excluding carboxylic acids is 2. The largest absolute Gasteiger partial charge is 0.450 e. The fraction of sp³-hybridized carbons (Fsp3) is 0.192. The third-order valence-electron chi connectivity index (χ3n) is 6.73. The molecule has 1 amide bonds. The Morgan fingerprint density at radius 3 is 2.68 bits per heavy atom. The van der Waals surface area contributed by atoms with Gasteiger partial charge in [0.15, 0.2) is 0 Å². The van der Waals surface area contributed by atoms with Crippen LogP contribution in [0.3, 0.4) is 0 Å². The first-order chi connectivity index (χ1) is 16.4. The Kier molecular flexibility index (Phi) is 4.71. The molecule has 170 valence electrons. The van der Waals surface area contributed by atoms with E-state index in [1.54, 1.807) is 29.4 Å². The van der Waals surface area contributed by atoms with Crippen LogP contribution in [0.25, 0.3) is 16.7 Å². The van der Waals surface area contributed by atoms with Gasteiger partial charge in [0.05, 0.1) is 16.6 Å². The predicted octanol–water partition coefficient (Wildman–Crippen LogP) is 5.12. The molecular weight excluding hydrogens is 457 g/mol. The van der Waals surface area contributed by atoms with E-state index in [0.29, 0.717) is 47.9 Å². The maximum atomic E-state index is 13.6. The van der Waals surface area contributed by atoms with Crippen molar-refractivity contribution < 1.29 is 18.7 Å². The molecule has 0 N–H and O–H groups in total. The Morgan fingerprint density at radius 1 is 1.09 bits per heavy atom. The summed E-state index contributed by atoms with van der Waals surface area (Å²) in [5.41, 5.74) is 1.51. The molecule has 0 saturated carbocycles. The number of hydrogen-bond donors (Lipinski definition) is 0. The summed E-state index contributed by atoms with van der Waals surface area (Å²) in [6.07, 6.45) is 4.40. The second-order valence-electron chi connectivity index (χ2n) is 8.63. The van der Waals surface area contributed by atoms with Gasteiger partial charge >= 0.3 is 5.97 Å². The summed E-state index contributed by atoms with van der Waals surface area (Å²) in [5.74, 6) is -0.400. The fourth-order valence-corrected chi connectivity index (χ4v) is 5.21. The number of ether oxygens (including phenoxy) is 1. The lowest BCUT2D eigenvalue weighted by molar-refractivity contribution is -0.0389. The van der Waals surface area contributed by atoms with E-state index >= 15 is 0 Å². The zero-order valence-corrected chi connectivity index (χ0v) is 18.8. The number of fused-ring (bicyclic) bond motifs is 3. The van der Waals surface area contributed by atoms with Gasteiger partial charge in [0.25, 0.3) is 5.91 Å². The molecule has 2 aliphatic rings. The SMILES string of the molecule is O=C1OC2(CCN(C(=O)c3cn(-c4ccccn4)c4cc(Cl)ccc34)CC2)c2ccc(F)cc21. The topological polar surface area (TPSA) is 64.4 Å². The first-order valence-electron chi connectivity index (χ1n) is 11.0. The van der Waals surface area contributed by atoms with E-state index in [2.05, 4.69) is 4.98 Å². The number of amides is 1. The number of rotatable bonds is 2. The van der Waals surface area contributed by atoms with Crippen molar-refractivity contribution in [3.8, 4) is 5.82 Å². The molecule has 0 aliphatic carbocycles. The summed E-state index contributed by atoms with van der Waals surface area (Å²) < 4.78 is 21.2. The van der Waals surface area contributed by atoms with Gasteiger partial charge in [0.2, 0.25) is 0 Å². The second-order valence-corrected chi connectivity index (χ2v) is 9.06. The van der Waals surface area contributed by atoms with Crippen molar-refractivity contribution in [2.75, 3.05) is 13.1 Å². The van der Waals surface area contributed by atoms with Gasteiger partial charge in [0.1, 0.15) is 17.2 Å². The summed E-state index contributed by atoms with van der Waals surface area (Å²) in [4.78, 5) is 32.1. The van der Waals surface area contributed by atoms with Gasteiger partial charge in [0, 0.05) is 54.3 Å². The van der Waals surface area contributed by atoms with Gasteiger partial charge in [-0.3, -0.25) is 4.79 Å². The van der Waals surface area contributed by atoms with Gasteiger partial charge in [-0.15, -0.1) is 0 Å². The monoisotopic (exact) mass is 475 g/mol. The molecule has 2 aromatic heterocycles. The van der Waals surface area contributed by atoms with E-state index in [9.17, 15) is 14.0 Å². The average molecular weight is 476 g/mol. The number of benzene rings is 2. The van der Waals surface area contributed by atoms with E-state index in [1.807, 2.05) is 34.9 Å². The average Bonchev–Trinajstić information content (AvgIpc) is 3.34. The van der Waals surface area contributed by atoms with E-state index in [-0.39, 0.29) is 11.5 Å². The predicted molar refractivity (Wildman–Crippen MR) is 125 cm³/mol. The number of piperidine rings is 1. The van der Waals surface area contributed by atoms with Gasteiger partial charge < -0.3 is 14.2 Å². The van der Waals surface area contributed by atoms with E-state index in [0.717, 1.165) is 10.9 Å². The maximum Gasteiger partial charge on any atom is 0.339 e. The van der Waals surface area contributed by atoms with Crippen LogP contribution in [0.15, 0.2) is 67.0 Å². The molecule has 2 aromatic carbocycles. The molecule has 8 heteroatoms. The third kappa shape index (κ3) is 3.19. The molecule has 0 unspecified atom stereocenters. The lowest BCUT2D eigenvalue weighted by Gasteiger charge is -2.38. The summed E-state index contributed by atoms with van der Waals surface area (Å²) in [5, 5.41) is 1.35. The van der Waals surface area contributed by atoms with Crippen molar-refractivity contribution >= 4 is 34.4 Å². The molecule has 4 aromatic rings. The van der Waals surface area contributed by atoms with Crippen molar-refractivity contribution in [2.24, 2.45) is 0 Å². The highest BCUT2D eigenvalue weighted by Gasteiger charge is 2.48. The summed E-state index contributed by atoms with van der Waals surface area (Å²) in [6.45, 7) is 0.819. The highest BCUT2D eigenvalue weighted by molar-refractivity contribution is 6.31. The van der Waals surface area contributed by atoms with Crippen LogP contribution in [-0.2, 0) is 10.3 Å². The number of aromatic nitrogens is 2. The zero-order valence-electron chi connectivity index (χ0n) is 18.0. The molecule has 34 heavy (non-hydrogen) atoms. The van der Waals surface area contributed by atoms with E-state index in [4.69, 9.17) is 16.3 Å². The molecule has 6 rings (SSSR count). The second kappa shape index (κ2) is 7.67. The van der Waals surface area contributed by atoms with Crippen LogP contribution in [0.1, 0.15) is 39.1 Å². The summed E-state index contributed by atoms with van der Waals surface area (Å²) >= 11 is 6.25. The number of halogens is 2. The maximum absolute atomic E-state index is 13.6. The van der Waals surface area contributed by atoms with Crippen LogP contribution in [0.2, 0.25) is 5.02 Å². The first-order valence-corrected chi connectivity index (χ1v) is 11.4. The van der Waals surface area contributed by atoms with Crippen molar-refractivity contribution in [3.05, 3.63) is 94.5 Å². The molecule has 2 aliphatic heterocycles. The number of carbonyl (C=O) groups is 2. The van der Waals surface area contributed by atoms with Crippen LogP contribution in [0, 0.1) is 5.82 Å². The Hall–Kier alpha value is -3.71. The summed E-state index contributed by atoms with van der Waals surface area (Å²) in [7, 11) is 0. The Morgan fingerprint density at radius 2 is 1.91 bits per heavy atom. The molecular formula is C26H19ClFN3O3. The molecule has 1 fully saturated rings. The molecule has 0 atom stereocenters. The number of esters is 1.